The highest BCUT2D eigenvalue weighted by atomic mass is 19.1. The second-order valence-electron chi connectivity index (χ2n) is 5.16. The molecule has 0 bridgehead atoms. The lowest BCUT2D eigenvalue weighted by Gasteiger charge is -2.13. The topological polar surface area (TPSA) is 42.2 Å². The van der Waals surface area contributed by atoms with Crippen molar-refractivity contribution >= 4 is 5.65 Å². The van der Waals surface area contributed by atoms with Crippen LogP contribution in [0.1, 0.15) is 18.3 Å². The van der Waals surface area contributed by atoms with Crippen molar-refractivity contribution in [1.82, 2.24) is 19.9 Å². The smallest absolute Gasteiger partial charge is 0.160 e. The highest BCUT2D eigenvalue weighted by molar-refractivity contribution is 5.36. The molecule has 4 nitrogen and oxygen atoms in total. The van der Waals surface area contributed by atoms with E-state index in [0.717, 1.165) is 23.5 Å². The van der Waals surface area contributed by atoms with E-state index in [1.54, 1.807) is 0 Å². The summed E-state index contributed by atoms with van der Waals surface area (Å²) in [5.41, 5.74) is 1.96. The summed E-state index contributed by atoms with van der Waals surface area (Å²) in [6.07, 6.45) is 2.80. The Morgan fingerprint density at radius 2 is 1.95 bits per heavy atom. The highest BCUT2D eigenvalue weighted by Gasteiger charge is 2.07. The molecular formula is C16H17FN4. The first-order valence-corrected chi connectivity index (χ1v) is 6.99. The molecule has 0 saturated carbocycles. The standard InChI is InChI=1S/C16H17FN4/c1-12(10-13-5-7-14(17)8-6-13)18-11-16-20-19-15-4-2-3-9-21(15)16/h2-9,12,18H,10-11H2,1H3. The van der Waals surface area contributed by atoms with E-state index >= 15 is 0 Å². The van der Waals surface area contributed by atoms with Crippen molar-refractivity contribution in [2.45, 2.75) is 25.9 Å². The number of pyridine rings is 1. The van der Waals surface area contributed by atoms with E-state index in [4.69, 9.17) is 0 Å². The maximum Gasteiger partial charge on any atom is 0.160 e. The molecule has 0 fully saturated rings. The Bertz CT molecular complexity index is 720. The van der Waals surface area contributed by atoms with Crippen LogP contribution in [0.5, 0.6) is 0 Å². The predicted molar refractivity (Wildman–Crippen MR) is 79.4 cm³/mol. The van der Waals surface area contributed by atoms with Crippen LogP contribution in [-0.4, -0.2) is 20.6 Å². The number of nitrogens with zero attached hydrogens (tertiary/aromatic N) is 3. The monoisotopic (exact) mass is 284 g/mol. The molecule has 108 valence electrons. The number of rotatable bonds is 5. The van der Waals surface area contributed by atoms with Crippen LogP contribution < -0.4 is 5.32 Å². The normalized spacial score (nSPS) is 12.7. The van der Waals surface area contributed by atoms with Crippen LogP contribution in [0.3, 0.4) is 0 Å². The number of hydrogen-bond donors (Lipinski definition) is 1. The lowest BCUT2D eigenvalue weighted by atomic mass is 10.1. The molecule has 0 aliphatic carbocycles. The molecule has 5 heteroatoms. The molecule has 0 spiro atoms. The average molecular weight is 284 g/mol. The van der Waals surface area contributed by atoms with Crippen LogP contribution in [0.15, 0.2) is 48.7 Å². The summed E-state index contributed by atoms with van der Waals surface area (Å²) in [5.74, 6) is 0.686. The summed E-state index contributed by atoms with van der Waals surface area (Å²) in [6, 6.07) is 12.7. The molecule has 1 aromatic carbocycles. The molecule has 1 N–H and O–H groups in total. The molecule has 2 aromatic heterocycles. The molecule has 2 heterocycles. The third kappa shape index (κ3) is 3.25. The average Bonchev–Trinajstić information content (AvgIpc) is 2.91. The first-order chi connectivity index (χ1) is 10.2. The van der Waals surface area contributed by atoms with Gasteiger partial charge in [0, 0.05) is 12.2 Å². The van der Waals surface area contributed by atoms with E-state index < -0.39 is 0 Å². The van der Waals surface area contributed by atoms with Gasteiger partial charge in [0.05, 0.1) is 6.54 Å². The van der Waals surface area contributed by atoms with E-state index in [2.05, 4.69) is 22.4 Å². The molecule has 0 saturated heterocycles. The van der Waals surface area contributed by atoms with Gasteiger partial charge in [-0.25, -0.2) is 4.39 Å². The predicted octanol–water partition coefficient (Wildman–Crippen LogP) is 2.59. The van der Waals surface area contributed by atoms with Crippen molar-refractivity contribution in [1.29, 1.82) is 0 Å². The zero-order valence-corrected chi connectivity index (χ0v) is 11.8. The molecule has 0 radical (unpaired) electrons. The van der Waals surface area contributed by atoms with E-state index in [0.29, 0.717) is 6.54 Å². The third-order valence-corrected chi connectivity index (χ3v) is 3.45. The number of nitrogens with one attached hydrogen (secondary N) is 1. The fraction of sp³-hybridized carbons (Fsp3) is 0.250. The van der Waals surface area contributed by atoms with Gasteiger partial charge in [-0.3, -0.25) is 4.40 Å². The molecular weight excluding hydrogens is 267 g/mol. The summed E-state index contributed by atoms with van der Waals surface area (Å²) in [7, 11) is 0. The van der Waals surface area contributed by atoms with E-state index in [9.17, 15) is 4.39 Å². The van der Waals surface area contributed by atoms with Crippen LogP contribution in [0.25, 0.3) is 5.65 Å². The second-order valence-corrected chi connectivity index (χ2v) is 5.16. The molecule has 3 rings (SSSR count). The minimum atomic E-state index is -0.200. The van der Waals surface area contributed by atoms with E-state index in [-0.39, 0.29) is 11.9 Å². The minimum absolute atomic E-state index is 0.200. The van der Waals surface area contributed by atoms with Crippen molar-refractivity contribution < 1.29 is 4.39 Å². The summed E-state index contributed by atoms with van der Waals surface area (Å²) in [6.45, 7) is 2.75. The maximum absolute atomic E-state index is 12.9. The molecule has 0 aliphatic rings. The molecule has 0 amide bonds. The second kappa shape index (κ2) is 6.01. The number of fused-ring (bicyclic) bond motifs is 1. The van der Waals surface area contributed by atoms with Crippen LogP contribution in [-0.2, 0) is 13.0 Å². The Labute approximate surface area is 122 Å². The first-order valence-electron chi connectivity index (χ1n) is 6.99. The summed E-state index contributed by atoms with van der Waals surface area (Å²) in [5, 5.41) is 11.7. The van der Waals surface area contributed by atoms with Gasteiger partial charge in [-0.15, -0.1) is 10.2 Å². The lowest BCUT2D eigenvalue weighted by molar-refractivity contribution is 0.530. The highest BCUT2D eigenvalue weighted by Crippen LogP contribution is 2.07. The Hall–Kier alpha value is -2.27. The zero-order valence-electron chi connectivity index (χ0n) is 11.8. The Morgan fingerprint density at radius 1 is 1.14 bits per heavy atom. The van der Waals surface area contributed by atoms with Crippen molar-refractivity contribution in [2.75, 3.05) is 0 Å². The lowest BCUT2D eigenvalue weighted by Crippen LogP contribution is -2.28. The molecule has 1 atom stereocenters. The van der Waals surface area contributed by atoms with Gasteiger partial charge in [0.15, 0.2) is 11.5 Å². The van der Waals surface area contributed by atoms with Crippen LogP contribution in [0.2, 0.25) is 0 Å². The van der Waals surface area contributed by atoms with Crippen LogP contribution in [0, 0.1) is 5.82 Å². The van der Waals surface area contributed by atoms with E-state index in [1.807, 2.05) is 40.9 Å². The molecule has 1 unspecified atom stereocenters. The minimum Gasteiger partial charge on any atom is -0.307 e. The van der Waals surface area contributed by atoms with Gasteiger partial charge in [0.25, 0.3) is 0 Å². The van der Waals surface area contributed by atoms with Crippen molar-refractivity contribution in [3.8, 4) is 0 Å². The van der Waals surface area contributed by atoms with Gasteiger partial charge in [-0.1, -0.05) is 18.2 Å². The third-order valence-electron chi connectivity index (χ3n) is 3.45. The van der Waals surface area contributed by atoms with Crippen LogP contribution >= 0.6 is 0 Å². The summed E-state index contributed by atoms with van der Waals surface area (Å²) in [4.78, 5) is 0. The van der Waals surface area contributed by atoms with Gasteiger partial charge in [0.2, 0.25) is 0 Å². The van der Waals surface area contributed by atoms with Crippen molar-refractivity contribution in [3.63, 3.8) is 0 Å². The maximum atomic E-state index is 12.9. The van der Waals surface area contributed by atoms with Gasteiger partial charge in [-0.2, -0.15) is 0 Å². The van der Waals surface area contributed by atoms with Gasteiger partial charge in [0.1, 0.15) is 5.82 Å². The first kappa shape index (κ1) is 13.7. The molecule has 21 heavy (non-hydrogen) atoms. The number of halogens is 1. The fourth-order valence-electron chi connectivity index (χ4n) is 2.32. The number of benzene rings is 1. The Morgan fingerprint density at radius 3 is 2.76 bits per heavy atom. The van der Waals surface area contributed by atoms with Gasteiger partial charge >= 0.3 is 0 Å². The molecule has 0 aliphatic heterocycles. The number of aromatic nitrogens is 3. The van der Waals surface area contributed by atoms with Crippen molar-refractivity contribution in [3.05, 3.63) is 65.9 Å². The fourth-order valence-corrected chi connectivity index (χ4v) is 2.32. The molecule has 3 aromatic rings. The quantitative estimate of drug-likeness (QED) is 0.783. The summed E-state index contributed by atoms with van der Waals surface area (Å²) < 4.78 is 14.8. The summed E-state index contributed by atoms with van der Waals surface area (Å²) >= 11 is 0. The van der Waals surface area contributed by atoms with E-state index in [1.165, 1.54) is 12.1 Å². The van der Waals surface area contributed by atoms with Crippen molar-refractivity contribution in [2.24, 2.45) is 0 Å². The van der Waals surface area contributed by atoms with Gasteiger partial charge in [-0.05, 0) is 43.2 Å². The largest absolute Gasteiger partial charge is 0.307 e. The van der Waals surface area contributed by atoms with Crippen LogP contribution in [0.4, 0.5) is 4.39 Å². The Balaban J connectivity index is 1.60. The Kier molecular flexibility index (Phi) is 3.92. The van der Waals surface area contributed by atoms with Gasteiger partial charge < -0.3 is 5.32 Å². The SMILES string of the molecule is CC(Cc1ccc(F)cc1)NCc1nnc2ccccn12. The zero-order chi connectivity index (χ0) is 14.7. The number of hydrogen-bond acceptors (Lipinski definition) is 3.